The van der Waals surface area contributed by atoms with Gasteiger partial charge in [0, 0.05) is 31.0 Å². The first-order chi connectivity index (χ1) is 20.3. The molecule has 3 aromatic rings. The number of nitrogens with one attached hydrogen (secondary N) is 1. The molecule has 0 radical (unpaired) electrons. The summed E-state index contributed by atoms with van der Waals surface area (Å²) in [4.78, 5) is 42.2. The molecule has 2 saturated heterocycles. The molecule has 222 valence electrons. The number of amides is 1. The van der Waals surface area contributed by atoms with Crippen LogP contribution < -0.4 is 15.8 Å². The molecule has 0 unspecified atom stereocenters. The summed E-state index contributed by atoms with van der Waals surface area (Å²) in [6.07, 6.45) is 7.32. The number of hydrogen-bond donors (Lipinski definition) is 3. The molecule has 3 aliphatic heterocycles. The number of benzene rings is 1. The van der Waals surface area contributed by atoms with Crippen LogP contribution in [-0.2, 0) is 24.3 Å². The maximum absolute atomic E-state index is 13.1. The zero-order valence-electron chi connectivity index (χ0n) is 23.3. The average molecular weight is 613 g/mol. The van der Waals surface area contributed by atoms with Crippen LogP contribution in [0.25, 0.3) is 0 Å². The van der Waals surface area contributed by atoms with E-state index in [-0.39, 0.29) is 22.7 Å². The number of halogens is 1. The van der Waals surface area contributed by atoms with Crippen molar-refractivity contribution in [2.75, 3.05) is 29.9 Å². The van der Waals surface area contributed by atoms with E-state index in [1.807, 2.05) is 0 Å². The molecule has 6 rings (SSSR count). The molecular formula is C29H33ClN6O5S. The second kappa shape index (κ2) is 11.8. The molecule has 2 fully saturated rings. The van der Waals surface area contributed by atoms with Crippen LogP contribution >= 0.6 is 23.4 Å². The molecule has 3 aliphatic rings. The molecule has 0 bridgehead atoms. The average Bonchev–Trinajstić information content (AvgIpc) is 3.35. The topological polar surface area (TPSA) is 143 Å². The molecule has 13 heteroatoms. The number of piperidine rings is 1. The molecule has 11 nitrogen and oxygen atoms in total. The summed E-state index contributed by atoms with van der Waals surface area (Å²) in [6, 6.07) is 5.10. The number of hydrogen-bond acceptors (Lipinski definition) is 10. The number of aliphatic hydroxyl groups excluding tert-OH is 1. The van der Waals surface area contributed by atoms with E-state index in [1.165, 1.54) is 16.3 Å². The van der Waals surface area contributed by atoms with Crippen LogP contribution in [0, 0.1) is 5.41 Å². The first-order valence-electron chi connectivity index (χ1n) is 14.2. The van der Waals surface area contributed by atoms with Gasteiger partial charge in [0.25, 0.3) is 11.5 Å². The van der Waals surface area contributed by atoms with Crippen molar-refractivity contribution in [1.29, 1.82) is 0 Å². The SMILES string of the molecule is C[C@H]1CC2(CCN(c3ncc(Sc4cccc(NC(=O)c5c(O)nc6n(c5=O)CCCC6)c4Cl)nc3CO)CC2)CO1. The number of carbonyl (C=O) groups excluding carboxylic acids is 1. The van der Waals surface area contributed by atoms with Crippen molar-refractivity contribution in [3.63, 3.8) is 0 Å². The summed E-state index contributed by atoms with van der Waals surface area (Å²) in [5.41, 5.74) is 0.00981. The van der Waals surface area contributed by atoms with Gasteiger partial charge in [-0.2, -0.15) is 4.98 Å². The van der Waals surface area contributed by atoms with Crippen LogP contribution in [0.5, 0.6) is 5.88 Å². The van der Waals surface area contributed by atoms with Crippen LogP contribution in [0.15, 0.2) is 39.1 Å². The van der Waals surface area contributed by atoms with E-state index in [0.29, 0.717) is 46.3 Å². The highest BCUT2D eigenvalue weighted by molar-refractivity contribution is 7.99. The van der Waals surface area contributed by atoms with Crippen LogP contribution in [0.3, 0.4) is 0 Å². The Bertz CT molecular complexity index is 1570. The third kappa shape index (κ3) is 5.60. The van der Waals surface area contributed by atoms with Crippen molar-refractivity contribution in [3.05, 3.63) is 56.9 Å². The quantitative estimate of drug-likeness (QED) is 0.373. The number of aryl methyl sites for hydroxylation is 1. The van der Waals surface area contributed by atoms with Crippen LogP contribution in [-0.4, -0.2) is 61.4 Å². The van der Waals surface area contributed by atoms with Gasteiger partial charge in [0.05, 0.1) is 36.2 Å². The fraction of sp³-hybridized carbons (Fsp3) is 0.483. The Hall–Kier alpha value is -3.19. The predicted octanol–water partition coefficient (Wildman–Crippen LogP) is 4.02. The standard InChI is InChI=1S/C29H33ClN6O5S/c1-17-13-29(16-41-17)8-11-35(12-9-29)25-19(15-37)32-22(14-31-25)42-20-6-4-5-18(24(20)30)33-26(38)23-27(39)34-21-7-2-3-10-36(21)28(23)40/h4-6,14,17,37,39H,2-3,7-13,15-16H2,1H3,(H,33,38)/t17-/m0/s1. The first-order valence-corrected chi connectivity index (χ1v) is 15.4. The maximum atomic E-state index is 13.1. The number of rotatable bonds is 6. The Morgan fingerprint density at radius 3 is 2.79 bits per heavy atom. The van der Waals surface area contributed by atoms with E-state index in [4.69, 9.17) is 16.3 Å². The number of carbonyl (C=O) groups is 1. The summed E-state index contributed by atoms with van der Waals surface area (Å²) in [6.45, 7) is 4.79. The van der Waals surface area contributed by atoms with Gasteiger partial charge >= 0.3 is 0 Å². The lowest BCUT2D eigenvalue weighted by atomic mass is 9.77. The van der Waals surface area contributed by atoms with Crippen molar-refractivity contribution in [2.45, 2.75) is 74.6 Å². The molecule has 2 aromatic heterocycles. The maximum Gasteiger partial charge on any atom is 0.270 e. The Morgan fingerprint density at radius 2 is 2.05 bits per heavy atom. The van der Waals surface area contributed by atoms with Crippen molar-refractivity contribution < 1.29 is 19.7 Å². The number of anilines is 2. The van der Waals surface area contributed by atoms with E-state index in [2.05, 4.69) is 32.1 Å². The number of aromatic hydroxyl groups is 1. The molecule has 3 N–H and O–H groups in total. The molecule has 0 aliphatic carbocycles. The minimum atomic E-state index is -0.788. The summed E-state index contributed by atoms with van der Waals surface area (Å²) in [7, 11) is 0. The minimum Gasteiger partial charge on any atom is -0.493 e. The van der Waals surface area contributed by atoms with Crippen LogP contribution in [0.2, 0.25) is 5.02 Å². The highest BCUT2D eigenvalue weighted by atomic mass is 35.5. The molecular weight excluding hydrogens is 580 g/mol. The van der Waals surface area contributed by atoms with E-state index < -0.39 is 22.9 Å². The highest BCUT2D eigenvalue weighted by Gasteiger charge is 2.41. The number of nitrogens with zero attached hydrogens (tertiary/aromatic N) is 5. The zero-order valence-corrected chi connectivity index (χ0v) is 24.9. The highest BCUT2D eigenvalue weighted by Crippen LogP contribution is 2.43. The number of ether oxygens (including phenoxy) is 1. The van der Waals surface area contributed by atoms with Crippen LogP contribution in [0.4, 0.5) is 11.5 Å². The summed E-state index contributed by atoms with van der Waals surface area (Å²) >= 11 is 7.91. The van der Waals surface area contributed by atoms with Gasteiger partial charge < -0.3 is 25.2 Å². The fourth-order valence-corrected chi connectivity index (χ4v) is 7.27. The lowest BCUT2D eigenvalue weighted by Crippen LogP contribution is -2.41. The van der Waals surface area contributed by atoms with Gasteiger partial charge in [-0.1, -0.05) is 29.4 Å². The molecule has 5 heterocycles. The van der Waals surface area contributed by atoms with E-state index in [9.17, 15) is 19.8 Å². The molecule has 1 aromatic carbocycles. The lowest BCUT2D eigenvalue weighted by molar-refractivity contribution is 0.0975. The van der Waals surface area contributed by atoms with Crippen molar-refractivity contribution in [1.82, 2.24) is 19.5 Å². The monoisotopic (exact) mass is 612 g/mol. The Morgan fingerprint density at radius 1 is 1.24 bits per heavy atom. The van der Waals surface area contributed by atoms with Gasteiger partial charge in [0.1, 0.15) is 16.5 Å². The molecule has 1 spiro atoms. The summed E-state index contributed by atoms with van der Waals surface area (Å²) in [5, 5.41) is 23.9. The Kier molecular flexibility index (Phi) is 8.14. The fourth-order valence-electron chi connectivity index (χ4n) is 6.15. The smallest absolute Gasteiger partial charge is 0.270 e. The lowest BCUT2D eigenvalue weighted by Gasteiger charge is -2.39. The van der Waals surface area contributed by atoms with Gasteiger partial charge in [0.2, 0.25) is 5.88 Å². The van der Waals surface area contributed by atoms with Gasteiger partial charge in [-0.25, -0.2) is 9.97 Å². The third-order valence-electron chi connectivity index (χ3n) is 8.38. The van der Waals surface area contributed by atoms with Crippen LogP contribution in [0.1, 0.15) is 60.9 Å². The molecule has 42 heavy (non-hydrogen) atoms. The van der Waals surface area contributed by atoms with E-state index in [0.717, 1.165) is 51.8 Å². The van der Waals surface area contributed by atoms with E-state index >= 15 is 0 Å². The number of aromatic nitrogens is 4. The predicted molar refractivity (Wildman–Crippen MR) is 158 cm³/mol. The normalized spacial score (nSPS) is 19.6. The Labute approximate surface area is 252 Å². The largest absolute Gasteiger partial charge is 0.493 e. The second-order valence-electron chi connectivity index (χ2n) is 11.3. The van der Waals surface area contributed by atoms with Crippen molar-refractivity contribution >= 4 is 40.8 Å². The molecule has 0 saturated carbocycles. The minimum absolute atomic E-state index is 0.235. The first kappa shape index (κ1) is 28.9. The van der Waals surface area contributed by atoms with Gasteiger partial charge in [-0.3, -0.25) is 14.2 Å². The number of aliphatic hydroxyl groups is 1. The second-order valence-corrected chi connectivity index (χ2v) is 12.7. The van der Waals surface area contributed by atoms with Crippen molar-refractivity contribution in [3.8, 4) is 5.88 Å². The molecule has 1 amide bonds. The van der Waals surface area contributed by atoms with Gasteiger partial charge in [-0.15, -0.1) is 0 Å². The summed E-state index contributed by atoms with van der Waals surface area (Å²) in [5.74, 6) is -0.216. The van der Waals surface area contributed by atoms with Crippen molar-refractivity contribution in [2.24, 2.45) is 5.41 Å². The van der Waals surface area contributed by atoms with E-state index in [1.54, 1.807) is 24.4 Å². The number of fused-ring (bicyclic) bond motifs is 1. The van der Waals surface area contributed by atoms with Gasteiger partial charge in [-0.05, 0) is 56.6 Å². The Balaban J connectivity index is 1.17. The van der Waals surface area contributed by atoms with Gasteiger partial charge in [0.15, 0.2) is 11.4 Å². The zero-order chi connectivity index (χ0) is 29.4. The summed E-state index contributed by atoms with van der Waals surface area (Å²) < 4.78 is 7.29. The third-order valence-corrected chi connectivity index (χ3v) is 9.87. The molecule has 1 atom stereocenters.